The van der Waals surface area contributed by atoms with Crippen LogP contribution in [0.2, 0.25) is 0 Å². The summed E-state index contributed by atoms with van der Waals surface area (Å²) in [6, 6.07) is 6.83. The van der Waals surface area contributed by atoms with Crippen LogP contribution in [0.3, 0.4) is 0 Å². The average molecular weight is 350 g/mol. The Balaban J connectivity index is 2.45. The lowest BCUT2D eigenvalue weighted by Gasteiger charge is -2.18. The van der Waals surface area contributed by atoms with Crippen molar-refractivity contribution in [1.82, 2.24) is 10.2 Å². The Hall–Kier alpha value is 0.1000. The van der Waals surface area contributed by atoms with Crippen molar-refractivity contribution in [3.05, 3.63) is 32.7 Å². The van der Waals surface area contributed by atoms with Crippen LogP contribution in [0.4, 0.5) is 0 Å². The van der Waals surface area contributed by atoms with E-state index in [0.29, 0.717) is 6.04 Å². The highest BCUT2D eigenvalue weighted by molar-refractivity contribution is 9.13. The van der Waals surface area contributed by atoms with Gasteiger partial charge < -0.3 is 10.2 Å². The van der Waals surface area contributed by atoms with E-state index in [-0.39, 0.29) is 0 Å². The molecule has 0 aliphatic heterocycles. The zero-order chi connectivity index (χ0) is 12.1. The largest absolute Gasteiger partial charge is 0.309 e. The summed E-state index contributed by atoms with van der Waals surface area (Å²) in [5.41, 5.74) is 1.29. The molecule has 2 nitrogen and oxygen atoms in total. The summed E-state index contributed by atoms with van der Waals surface area (Å²) in [5, 5.41) is 3.50. The molecule has 0 spiro atoms. The summed E-state index contributed by atoms with van der Waals surface area (Å²) < 4.78 is 2.20. The summed E-state index contributed by atoms with van der Waals surface area (Å²) in [4.78, 5) is 2.19. The van der Waals surface area contributed by atoms with E-state index in [1.165, 1.54) is 5.56 Å². The van der Waals surface area contributed by atoms with Crippen LogP contribution < -0.4 is 5.32 Å². The second-order valence-electron chi connectivity index (χ2n) is 4.29. The maximum absolute atomic E-state index is 3.51. The van der Waals surface area contributed by atoms with E-state index in [2.05, 4.69) is 81.3 Å². The molecule has 0 amide bonds. The van der Waals surface area contributed by atoms with Crippen molar-refractivity contribution in [3.63, 3.8) is 0 Å². The van der Waals surface area contributed by atoms with Gasteiger partial charge in [-0.2, -0.15) is 0 Å². The number of benzene rings is 1. The van der Waals surface area contributed by atoms with E-state index in [1.807, 2.05) is 0 Å². The Kier molecular flexibility index (Phi) is 5.97. The summed E-state index contributed by atoms with van der Waals surface area (Å²) in [7, 11) is 4.18. The zero-order valence-electron chi connectivity index (χ0n) is 9.93. The van der Waals surface area contributed by atoms with Crippen molar-refractivity contribution < 1.29 is 0 Å². The zero-order valence-corrected chi connectivity index (χ0v) is 13.1. The number of nitrogens with zero attached hydrogens (tertiary/aromatic N) is 1. The van der Waals surface area contributed by atoms with Crippen LogP contribution in [0.15, 0.2) is 27.1 Å². The van der Waals surface area contributed by atoms with Crippen LogP contribution in [0.25, 0.3) is 0 Å². The molecular formula is C12H18Br2N2. The van der Waals surface area contributed by atoms with E-state index in [9.17, 15) is 0 Å². The van der Waals surface area contributed by atoms with Crippen molar-refractivity contribution in [3.8, 4) is 0 Å². The van der Waals surface area contributed by atoms with Gasteiger partial charge in [-0.05, 0) is 70.6 Å². The van der Waals surface area contributed by atoms with E-state index in [0.717, 1.165) is 22.0 Å². The molecule has 4 heteroatoms. The van der Waals surface area contributed by atoms with Gasteiger partial charge in [0.1, 0.15) is 0 Å². The summed E-state index contributed by atoms with van der Waals surface area (Å²) in [6.45, 7) is 4.16. The van der Waals surface area contributed by atoms with Gasteiger partial charge in [0.25, 0.3) is 0 Å². The number of halogens is 2. The fourth-order valence-corrected chi connectivity index (χ4v) is 2.23. The SMILES string of the molecule is CC(CN(C)C)NCc1ccc(Br)c(Br)c1. The summed E-state index contributed by atoms with van der Waals surface area (Å²) in [6.07, 6.45) is 0. The van der Waals surface area contributed by atoms with Gasteiger partial charge in [-0.3, -0.25) is 0 Å². The van der Waals surface area contributed by atoms with Gasteiger partial charge in [-0.25, -0.2) is 0 Å². The fourth-order valence-electron chi connectivity index (χ4n) is 1.55. The minimum absolute atomic E-state index is 0.498. The highest BCUT2D eigenvalue weighted by Crippen LogP contribution is 2.23. The predicted molar refractivity (Wildman–Crippen MR) is 76.7 cm³/mol. The standard InChI is InChI=1S/C12H18Br2N2/c1-9(8-16(2)3)15-7-10-4-5-11(13)12(14)6-10/h4-6,9,15H,7-8H2,1-3H3. The first-order chi connectivity index (χ1) is 7.49. The fraction of sp³-hybridized carbons (Fsp3) is 0.500. The number of hydrogen-bond donors (Lipinski definition) is 1. The second-order valence-corrected chi connectivity index (χ2v) is 6.00. The molecule has 1 aromatic carbocycles. The molecule has 0 radical (unpaired) electrons. The Morgan fingerprint density at radius 3 is 2.50 bits per heavy atom. The second kappa shape index (κ2) is 6.74. The Bertz CT molecular complexity index is 340. The molecule has 1 rings (SSSR count). The molecule has 0 bridgehead atoms. The average Bonchev–Trinajstić information content (AvgIpc) is 2.19. The molecule has 0 aromatic heterocycles. The van der Waals surface area contributed by atoms with Crippen molar-refractivity contribution in [1.29, 1.82) is 0 Å². The van der Waals surface area contributed by atoms with Gasteiger partial charge in [-0.1, -0.05) is 6.07 Å². The Morgan fingerprint density at radius 1 is 1.25 bits per heavy atom. The summed E-state index contributed by atoms with van der Waals surface area (Å²) in [5.74, 6) is 0. The first-order valence-electron chi connectivity index (χ1n) is 5.31. The van der Waals surface area contributed by atoms with E-state index >= 15 is 0 Å². The summed E-state index contributed by atoms with van der Waals surface area (Å²) >= 11 is 6.98. The lowest BCUT2D eigenvalue weighted by molar-refractivity contribution is 0.349. The van der Waals surface area contributed by atoms with Crippen LogP contribution in [0.5, 0.6) is 0 Å². The smallest absolute Gasteiger partial charge is 0.0320 e. The quantitative estimate of drug-likeness (QED) is 0.877. The van der Waals surface area contributed by atoms with Gasteiger partial charge >= 0.3 is 0 Å². The van der Waals surface area contributed by atoms with Crippen LogP contribution in [-0.2, 0) is 6.54 Å². The monoisotopic (exact) mass is 348 g/mol. The maximum atomic E-state index is 3.51. The molecule has 0 heterocycles. The minimum atomic E-state index is 0.498. The molecule has 0 saturated carbocycles. The third-order valence-electron chi connectivity index (χ3n) is 2.28. The third kappa shape index (κ3) is 4.95. The van der Waals surface area contributed by atoms with Gasteiger partial charge in [0.05, 0.1) is 0 Å². The molecule has 1 unspecified atom stereocenters. The van der Waals surface area contributed by atoms with Crippen LogP contribution in [0, 0.1) is 0 Å². The first-order valence-corrected chi connectivity index (χ1v) is 6.89. The number of rotatable bonds is 5. The van der Waals surface area contributed by atoms with E-state index < -0.39 is 0 Å². The van der Waals surface area contributed by atoms with Crippen LogP contribution in [0.1, 0.15) is 12.5 Å². The van der Waals surface area contributed by atoms with Crippen molar-refractivity contribution in [2.24, 2.45) is 0 Å². The normalized spacial score (nSPS) is 13.1. The highest BCUT2D eigenvalue weighted by atomic mass is 79.9. The van der Waals surface area contributed by atoms with Gasteiger partial charge in [0.15, 0.2) is 0 Å². The van der Waals surface area contributed by atoms with Gasteiger partial charge in [0, 0.05) is 28.1 Å². The number of nitrogens with one attached hydrogen (secondary N) is 1. The predicted octanol–water partition coefficient (Wildman–Crippen LogP) is 3.25. The maximum Gasteiger partial charge on any atom is 0.0320 e. The van der Waals surface area contributed by atoms with Gasteiger partial charge in [-0.15, -0.1) is 0 Å². The molecule has 16 heavy (non-hydrogen) atoms. The Morgan fingerprint density at radius 2 is 1.94 bits per heavy atom. The molecule has 1 aromatic rings. The molecule has 0 fully saturated rings. The minimum Gasteiger partial charge on any atom is -0.309 e. The van der Waals surface area contributed by atoms with Crippen LogP contribution in [-0.4, -0.2) is 31.6 Å². The topological polar surface area (TPSA) is 15.3 Å². The van der Waals surface area contributed by atoms with E-state index in [1.54, 1.807) is 0 Å². The molecule has 1 N–H and O–H groups in total. The van der Waals surface area contributed by atoms with Crippen LogP contribution >= 0.6 is 31.9 Å². The van der Waals surface area contributed by atoms with Crippen molar-refractivity contribution in [2.45, 2.75) is 19.5 Å². The third-order valence-corrected chi connectivity index (χ3v) is 4.16. The molecule has 0 aliphatic rings. The molecule has 0 saturated heterocycles. The lowest BCUT2D eigenvalue weighted by Crippen LogP contribution is -2.35. The molecule has 90 valence electrons. The molecular weight excluding hydrogens is 332 g/mol. The van der Waals surface area contributed by atoms with Crippen molar-refractivity contribution >= 4 is 31.9 Å². The first kappa shape index (κ1) is 14.2. The Labute approximate surface area is 115 Å². The van der Waals surface area contributed by atoms with E-state index in [4.69, 9.17) is 0 Å². The lowest BCUT2D eigenvalue weighted by atomic mass is 10.2. The number of hydrogen-bond acceptors (Lipinski definition) is 2. The van der Waals surface area contributed by atoms with Crippen molar-refractivity contribution in [2.75, 3.05) is 20.6 Å². The molecule has 0 aliphatic carbocycles. The molecule has 1 atom stereocenters. The highest BCUT2D eigenvalue weighted by Gasteiger charge is 2.03. The number of likely N-dealkylation sites (N-methyl/N-ethyl adjacent to an activating group) is 1. The van der Waals surface area contributed by atoms with Gasteiger partial charge in [0.2, 0.25) is 0 Å².